The van der Waals surface area contributed by atoms with E-state index in [-0.39, 0.29) is 21.4 Å². The topological polar surface area (TPSA) is 92.3 Å². The Hall–Kier alpha value is -2.38. The van der Waals surface area contributed by atoms with Gasteiger partial charge in [-0.1, -0.05) is 17.7 Å². The summed E-state index contributed by atoms with van der Waals surface area (Å²) in [6.45, 7) is 0.463. The van der Waals surface area contributed by atoms with Gasteiger partial charge in [0.2, 0.25) is 0 Å². The van der Waals surface area contributed by atoms with Crippen molar-refractivity contribution in [3.05, 3.63) is 58.1 Å². The van der Waals surface area contributed by atoms with Crippen molar-refractivity contribution in [1.82, 2.24) is 5.32 Å². The number of carbonyl (C=O) groups is 2. The molecule has 124 valence electrons. The van der Waals surface area contributed by atoms with E-state index < -0.39 is 15.7 Å². The van der Waals surface area contributed by atoms with Gasteiger partial charge in [-0.05, 0) is 35.9 Å². The summed E-state index contributed by atoms with van der Waals surface area (Å²) in [5, 5.41) is 5.46. The van der Waals surface area contributed by atoms with Crippen molar-refractivity contribution in [2.45, 2.75) is 11.4 Å². The zero-order valence-electron chi connectivity index (χ0n) is 12.6. The largest absolute Gasteiger partial charge is 0.348 e. The van der Waals surface area contributed by atoms with Gasteiger partial charge in [0, 0.05) is 24.1 Å². The predicted octanol–water partition coefficient (Wildman–Crippen LogP) is 2.24. The van der Waals surface area contributed by atoms with E-state index in [0.717, 1.165) is 11.8 Å². The van der Waals surface area contributed by atoms with Crippen LogP contribution in [-0.2, 0) is 16.4 Å². The molecule has 1 aliphatic rings. The standard InChI is InChI=1S/C16H13ClN2O4S/c1-24(22,23)11-4-5-14(17)13(7-11)16(21)19-10-3-2-9-8-18-15(20)12(9)6-10/h2-7H,8H2,1H3,(H,18,20)(H,19,21). The molecule has 0 saturated carbocycles. The smallest absolute Gasteiger partial charge is 0.257 e. The minimum absolute atomic E-state index is 0.00498. The van der Waals surface area contributed by atoms with E-state index in [4.69, 9.17) is 11.6 Å². The van der Waals surface area contributed by atoms with Crippen molar-refractivity contribution >= 4 is 38.9 Å². The maximum Gasteiger partial charge on any atom is 0.257 e. The van der Waals surface area contributed by atoms with Crippen molar-refractivity contribution in [1.29, 1.82) is 0 Å². The summed E-state index contributed by atoms with van der Waals surface area (Å²) in [6.07, 6.45) is 1.05. The molecule has 0 bridgehead atoms. The molecule has 8 heteroatoms. The highest BCUT2D eigenvalue weighted by Gasteiger charge is 2.20. The Balaban J connectivity index is 1.91. The number of hydrogen-bond donors (Lipinski definition) is 2. The number of carbonyl (C=O) groups excluding carboxylic acids is 2. The second-order valence-electron chi connectivity index (χ2n) is 5.42. The lowest BCUT2D eigenvalue weighted by molar-refractivity contribution is 0.0964. The van der Waals surface area contributed by atoms with E-state index in [1.807, 2.05) is 0 Å². The van der Waals surface area contributed by atoms with E-state index in [1.165, 1.54) is 18.2 Å². The number of anilines is 1. The van der Waals surface area contributed by atoms with Gasteiger partial charge in [-0.25, -0.2) is 8.42 Å². The number of nitrogens with one attached hydrogen (secondary N) is 2. The van der Waals surface area contributed by atoms with Gasteiger partial charge >= 0.3 is 0 Å². The van der Waals surface area contributed by atoms with Crippen LogP contribution in [0.15, 0.2) is 41.3 Å². The third-order valence-electron chi connectivity index (χ3n) is 3.66. The number of rotatable bonds is 3. The monoisotopic (exact) mass is 364 g/mol. The Morgan fingerprint density at radius 1 is 1.21 bits per heavy atom. The summed E-state index contributed by atoms with van der Waals surface area (Å²) >= 11 is 6.00. The summed E-state index contributed by atoms with van der Waals surface area (Å²) in [4.78, 5) is 24.1. The Morgan fingerprint density at radius 3 is 2.67 bits per heavy atom. The Morgan fingerprint density at radius 2 is 1.96 bits per heavy atom. The SMILES string of the molecule is CS(=O)(=O)c1ccc(Cl)c(C(=O)Nc2ccc3c(c2)C(=O)NC3)c1. The Bertz CT molecular complexity index is 970. The van der Waals surface area contributed by atoms with Crippen LogP contribution in [0, 0.1) is 0 Å². The Labute approximate surface area is 143 Å². The number of hydrogen-bond acceptors (Lipinski definition) is 4. The molecule has 0 saturated heterocycles. The first-order valence-corrected chi connectivity index (χ1v) is 9.25. The van der Waals surface area contributed by atoms with Gasteiger partial charge in [0.05, 0.1) is 15.5 Å². The minimum atomic E-state index is -3.46. The van der Waals surface area contributed by atoms with Crippen molar-refractivity contribution in [3.8, 4) is 0 Å². The van der Waals surface area contributed by atoms with Crippen LogP contribution >= 0.6 is 11.6 Å². The van der Waals surface area contributed by atoms with Gasteiger partial charge < -0.3 is 10.6 Å². The second kappa shape index (κ2) is 5.92. The first-order chi connectivity index (χ1) is 11.3. The highest BCUT2D eigenvalue weighted by Crippen LogP contribution is 2.24. The lowest BCUT2D eigenvalue weighted by Gasteiger charge is -2.09. The van der Waals surface area contributed by atoms with Gasteiger partial charge in [-0.15, -0.1) is 0 Å². The number of halogens is 1. The molecule has 0 radical (unpaired) electrons. The molecule has 0 spiro atoms. The molecule has 0 atom stereocenters. The van der Waals surface area contributed by atoms with Crippen LogP contribution in [0.4, 0.5) is 5.69 Å². The van der Waals surface area contributed by atoms with Crippen molar-refractivity contribution in [3.63, 3.8) is 0 Å². The van der Waals surface area contributed by atoms with E-state index in [0.29, 0.717) is 17.8 Å². The summed E-state index contributed by atoms with van der Waals surface area (Å²) < 4.78 is 23.2. The van der Waals surface area contributed by atoms with E-state index in [1.54, 1.807) is 18.2 Å². The van der Waals surface area contributed by atoms with Crippen molar-refractivity contribution in [2.75, 3.05) is 11.6 Å². The first kappa shape index (κ1) is 16.5. The van der Waals surface area contributed by atoms with Crippen LogP contribution in [0.25, 0.3) is 0 Å². The predicted molar refractivity (Wildman–Crippen MR) is 90.1 cm³/mol. The number of sulfone groups is 1. The van der Waals surface area contributed by atoms with Gasteiger partial charge in [-0.2, -0.15) is 0 Å². The average Bonchev–Trinajstić information content (AvgIpc) is 2.87. The lowest BCUT2D eigenvalue weighted by atomic mass is 10.1. The summed E-state index contributed by atoms with van der Waals surface area (Å²) in [5.74, 6) is -0.748. The molecule has 0 aromatic heterocycles. The molecule has 0 aliphatic carbocycles. The number of benzene rings is 2. The van der Waals surface area contributed by atoms with Gasteiger partial charge in [0.15, 0.2) is 9.84 Å². The van der Waals surface area contributed by atoms with Crippen LogP contribution in [0.3, 0.4) is 0 Å². The fraction of sp³-hybridized carbons (Fsp3) is 0.125. The van der Waals surface area contributed by atoms with E-state index >= 15 is 0 Å². The molecular formula is C16H13ClN2O4S. The first-order valence-electron chi connectivity index (χ1n) is 6.98. The molecule has 2 amide bonds. The number of fused-ring (bicyclic) bond motifs is 1. The summed E-state index contributed by atoms with van der Waals surface area (Å²) in [6, 6.07) is 8.93. The highest BCUT2D eigenvalue weighted by molar-refractivity contribution is 7.90. The van der Waals surface area contributed by atoms with Gasteiger partial charge in [0.1, 0.15) is 0 Å². The van der Waals surface area contributed by atoms with Crippen molar-refractivity contribution < 1.29 is 18.0 Å². The summed E-state index contributed by atoms with van der Waals surface area (Å²) in [7, 11) is -3.46. The lowest BCUT2D eigenvalue weighted by Crippen LogP contribution is -2.14. The van der Waals surface area contributed by atoms with Crippen LogP contribution in [0.2, 0.25) is 5.02 Å². The molecule has 1 aliphatic heterocycles. The summed E-state index contributed by atoms with van der Waals surface area (Å²) in [5.41, 5.74) is 1.83. The Kier molecular flexibility index (Phi) is 4.06. The van der Waals surface area contributed by atoms with E-state index in [2.05, 4.69) is 10.6 Å². The fourth-order valence-electron chi connectivity index (χ4n) is 2.40. The average molecular weight is 365 g/mol. The molecule has 2 N–H and O–H groups in total. The third kappa shape index (κ3) is 3.13. The van der Waals surface area contributed by atoms with Crippen LogP contribution in [0.1, 0.15) is 26.3 Å². The molecule has 0 fully saturated rings. The zero-order chi connectivity index (χ0) is 17.5. The van der Waals surface area contributed by atoms with Gasteiger partial charge in [-0.3, -0.25) is 9.59 Å². The van der Waals surface area contributed by atoms with E-state index in [9.17, 15) is 18.0 Å². The minimum Gasteiger partial charge on any atom is -0.348 e. The molecule has 24 heavy (non-hydrogen) atoms. The van der Waals surface area contributed by atoms with Crippen LogP contribution in [0.5, 0.6) is 0 Å². The maximum atomic E-state index is 12.4. The normalized spacial score (nSPS) is 13.3. The molecule has 6 nitrogen and oxygen atoms in total. The molecule has 1 heterocycles. The highest BCUT2D eigenvalue weighted by atomic mass is 35.5. The van der Waals surface area contributed by atoms with Crippen molar-refractivity contribution in [2.24, 2.45) is 0 Å². The molecule has 2 aromatic carbocycles. The fourth-order valence-corrected chi connectivity index (χ4v) is 3.25. The molecule has 0 unspecified atom stereocenters. The maximum absolute atomic E-state index is 12.4. The molecule has 3 rings (SSSR count). The third-order valence-corrected chi connectivity index (χ3v) is 5.10. The zero-order valence-corrected chi connectivity index (χ0v) is 14.2. The van der Waals surface area contributed by atoms with Crippen LogP contribution < -0.4 is 10.6 Å². The quantitative estimate of drug-likeness (QED) is 0.873. The second-order valence-corrected chi connectivity index (χ2v) is 7.85. The van der Waals surface area contributed by atoms with Gasteiger partial charge in [0.25, 0.3) is 11.8 Å². The van der Waals surface area contributed by atoms with Crippen LogP contribution in [-0.4, -0.2) is 26.5 Å². The molecule has 2 aromatic rings. The number of amides is 2. The molecular weight excluding hydrogens is 352 g/mol.